The van der Waals surface area contributed by atoms with Crippen molar-refractivity contribution in [3.05, 3.63) is 36.4 Å². The van der Waals surface area contributed by atoms with E-state index in [-0.39, 0.29) is 19.8 Å². The van der Waals surface area contributed by atoms with Gasteiger partial charge < -0.3 is 14.6 Å². The van der Waals surface area contributed by atoms with Crippen LogP contribution in [0.25, 0.3) is 27.9 Å². The van der Waals surface area contributed by atoms with Crippen LogP contribution >= 0.6 is 0 Å². The summed E-state index contributed by atoms with van der Waals surface area (Å²) in [5.74, 6) is 1.29. The minimum atomic E-state index is -1.33. The van der Waals surface area contributed by atoms with E-state index in [0.717, 1.165) is 33.8 Å². The van der Waals surface area contributed by atoms with Gasteiger partial charge in [-0.3, -0.25) is 0 Å². The predicted molar refractivity (Wildman–Crippen MR) is 98.4 cm³/mol. The average Bonchev–Trinajstić information content (AvgIpc) is 3.19. The summed E-state index contributed by atoms with van der Waals surface area (Å²) in [4.78, 5) is 13.5. The van der Waals surface area contributed by atoms with E-state index >= 15 is 0 Å². The molecule has 1 fully saturated rings. The van der Waals surface area contributed by atoms with Gasteiger partial charge in [0.1, 0.15) is 11.3 Å². The fraction of sp³-hybridized carbons (Fsp3) is 0.333. The van der Waals surface area contributed by atoms with Crippen molar-refractivity contribution >= 4 is 22.6 Å². The SMILES string of the molecule is Cc1nc2ccc(-c3ccn4nc(NCC5(F)COC5)ncc34)nc2n1C. The first-order valence-corrected chi connectivity index (χ1v) is 8.68. The maximum Gasteiger partial charge on any atom is 0.241 e. The third kappa shape index (κ3) is 2.62. The summed E-state index contributed by atoms with van der Waals surface area (Å²) in [5, 5.41) is 7.35. The zero-order valence-corrected chi connectivity index (χ0v) is 15.0. The Labute approximate surface area is 154 Å². The molecule has 5 heterocycles. The monoisotopic (exact) mass is 367 g/mol. The summed E-state index contributed by atoms with van der Waals surface area (Å²) in [7, 11) is 1.95. The highest BCUT2D eigenvalue weighted by Gasteiger charge is 2.38. The van der Waals surface area contributed by atoms with Gasteiger partial charge in [0, 0.05) is 18.8 Å². The van der Waals surface area contributed by atoms with Crippen molar-refractivity contribution in [3.8, 4) is 11.3 Å². The van der Waals surface area contributed by atoms with Crippen molar-refractivity contribution in [3.63, 3.8) is 0 Å². The van der Waals surface area contributed by atoms with Gasteiger partial charge >= 0.3 is 0 Å². The van der Waals surface area contributed by atoms with Crippen LogP contribution in [0.4, 0.5) is 10.3 Å². The number of fused-ring (bicyclic) bond motifs is 2. The van der Waals surface area contributed by atoms with Crippen molar-refractivity contribution in [1.29, 1.82) is 0 Å². The molecule has 0 atom stereocenters. The molecule has 0 unspecified atom stereocenters. The van der Waals surface area contributed by atoms with Gasteiger partial charge in [0.2, 0.25) is 5.95 Å². The van der Waals surface area contributed by atoms with Gasteiger partial charge in [-0.05, 0) is 25.1 Å². The maximum absolute atomic E-state index is 14.0. The van der Waals surface area contributed by atoms with Gasteiger partial charge in [0.15, 0.2) is 11.3 Å². The zero-order valence-electron chi connectivity index (χ0n) is 15.0. The van der Waals surface area contributed by atoms with Crippen molar-refractivity contribution in [2.75, 3.05) is 25.1 Å². The number of rotatable bonds is 4. The molecule has 138 valence electrons. The quantitative estimate of drug-likeness (QED) is 0.595. The second-order valence-electron chi connectivity index (χ2n) is 6.90. The van der Waals surface area contributed by atoms with Crippen LogP contribution in [0.5, 0.6) is 0 Å². The van der Waals surface area contributed by atoms with Crippen molar-refractivity contribution < 1.29 is 9.13 Å². The van der Waals surface area contributed by atoms with Crippen molar-refractivity contribution in [2.24, 2.45) is 7.05 Å². The first-order chi connectivity index (χ1) is 13.0. The lowest BCUT2D eigenvalue weighted by molar-refractivity contribution is -0.121. The Morgan fingerprint density at radius 3 is 2.89 bits per heavy atom. The number of nitrogens with one attached hydrogen (secondary N) is 1. The third-order valence-corrected chi connectivity index (χ3v) is 4.92. The topological polar surface area (TPSA) is 82.2 Å². The van der Waals surface area contributed by atoms with Crippen LogP contribution in [0, 0.1) is 6.92 Å². The molecule has 1 aliphatic rings. The smallest absolute Gasteiger partial charge is 0.241 e. The summed E-state index contributed by atoms with van der Waals surface area (Å²) in [6.45, 7) is 2.30. The number of aryl methyl sites for hydroxylation is 2. The van der Waals surface area contributed by atoms with Gasteiger partial charge in [-0.1, -0.05) is 0 Å². The number of ether oxygens (including phenoxy) is 1. The molecule has 4 aromatic heterocycles. The normalized spacial score (nSPS) is 16.0. The first-order valence-electron chi connectivity index (χ1n) is 8.68. The summed E-state index contributed by atoms with van der Waals surface area (Å²) in [5.41, 5.74) is 2.95. The fourth-order valence-corrected chi connectivity index (χ4v) is 3.19. The maximum atomic E-state index is 14.0. The predicted octanol–water partition coefficient (Wildman–Crippen LogP) is 2.14. The highest BCUT2D eigenvalue weighted by molar-refractivity contribution is 5.82. The number of anilines is 1. The van der Waals surface area contributed by atoms with Gasteiger partial charge in [0.05, 0.1) is 37.2 Å². The fourth-order valence-electron chi connectivity index (χ4n) is 3.19. The number of imidazole rings is 1. The molecule has 0 bridgehead atoms. The minimum absolute atomic E-state index is 0.109. The average molecular weight is 367 g/mol. The summed E-state index contributed by atoms with van der Waals surface area (Å²) < 4.78 is 22.6. The van der Waals surface area contributed by atoms with E-state index in [1.807, 2.05) is 42.9 Å². The Morgan fingerprint density at radius 1 is 1.26 bits per heavy atom. The summed E-state index contributed by atoms with van der Waals surface area (Å²) in [6, 6.07) is 5.85. The highest BCUT2D eigenvalue weighted by Crippen LogP contribution is 2.26. The summed E-state index contributed by atoms with van der Waals surface area (Å²) >= 11 is 0. The van der Waals surface area contributed by atoms with Crippen LogP contribution in [0.15, 0.2) is 30.6 Å². The first kappa shape index (κ1) is 16.1. The Bertz CT molecular complexity index is 1160. The number of hydrogen-bond acceptors (Lipinski definition) is 6. The van der Waals surface area contributed by atoms with E-state index in [1.54, 1.807) is 10.7 Å². The molecule has 0 saturated carbocycles. The van der Waals surface area contributed by atoms with Gasteiger partial charge in [-0.15, -0.1) is 5.10 Å². The molecular weight excluding hydrogens is 349 g/mol. The molecular formula is C18H18FN7O. The molecule has 1 N–H and O–H groups in total. The van der Waals surface area contributed by atoms with E-state index in [4.69, 9.17) is 9.72 Å². The van der Waals surface area contributed by atoms with Crippen LogP contribution in [0.1, 0.15) is 5.82 Å². The lowest BCUT2D eigenvalue weighted by Gasteiger charge is -2.33. The Kier molecular flexibility index (Phi) is 3.41. The van der Waals surface area contributed by atoms with E-state index in [9.17, 15) is 4.39 Å². The molecule has 4 aromatic rings. The number of aromatic nitrogens is 6. The Balaban J connectivity index is 1.48. The number of alkyl halides is 1. The molecule has 8 nitrogen and oxygen atoms in total. The van der Waals surface area contributed by atoms with E-state index in [2.05, 4.69) is 20.4 Å². The van der Waals surface area contributed by atoms with Gasteiger partial charge in [-0.2, -0.15) is 0 Å². The largest absolute Gasteiger partial charge is 0.374 e. The number of pyridine rings is 1. The molecule has 9 heteroatoms. The number of halogens is 1. The molecule has 0 amide bonds. The lowest BCUT2D eigenvalue weighted by atomic mass is 10.1. The zero-order chi connectivity index (χ0) is 18.6. The van der Waals surface area contributed by atoms with Crippen LogP contribution in [0.2, 0.25) is 0 Å². The van der Waals surface area contributed by atoms with Crippen LogP contribution in [-0.4, -0.2) is 54.6 Å². The number of nitrogens with zero attached hydrogens (tertiary/aromatic N) is 6. The molecule has 0 spiro atoms. The molecule has 1 aliphatic heterocycles. The van der Waals surface area contributed by atoms with Gasteiger partial charge in [-0.25, -0.2) is 23.9 Å². The second-order valence-corrected chi connectivity index (χ2v) is 6.90. The molecule has 0 radical (unpaired) electrons. The lowest BCUT2D eigenvalue weighted by Crippen LogP contribution is -2.50. The van der Waals surface area contributed by atoms with Crippen LogP contribution < -0.4 is 5.32 Å². The molecule has 27 heavy (non-hydrogen) atoms. The van der Waals surface area contributed by atoms with E-state index in [1.165, 1.54) is 0 Å². The second kappa shape index (κ2) is 5.71. The minimum Gasteiger partial charge on any atom is -0.374 e. The molecule has 0 aromatic carbocycles. The van der Waals surface area contributed by atoms with Crippen LogP contribution in [-0.2, 0) is 11.8 Å². The van der Waals surface area contributed by atoms with Crippen molar-refractivity contribution in [1.82, 2.24) is 29.1 Å². The Hall–Kier alpha value is -3.07. The van der Waals surface area contributed by atoms with E-state index < -0.39 is 5.67 Å². The highest BCUT2D eigenvalue weighted by atomic mass is 19.1. The third-order valence-electron chi connectivity index (χ3n) is 4.92. The number of hydrogen-bond donors (Lipinski definition) is 1. The van der Waals surface area contributed by atoms with Crippen molar-refractivity contribution in [2.45, 2.75) is 12.6 Å². The standard InChI is InChI=1S/C18H18FN7O/c1-11-22-14-4-3-13(23-16(14)25(11)2)12-5-6-26-15(12)7-20-17(24-26)21-8-18(19)9-27-10-18/h3-7H,8-10H2,1-2H3,(H,21,24). The molecule has 1 saturated heterocycles. The van der Waals surface area contributed by atoms with Gasteiger partial charge in [0.25, 0.3) is 0 Å². The Morgan fingerprint density at radius 2 is 2.11 bits per heavy atom. The molecule has 0 aliphatic carbocycles. The van der Waals surface area contributed by atoms with Crippen LogP contribution in [0.3, 0.4) is 0 Å². The summed E-state index contributed by atoms with van der Waals surface area (Å²) in [6.07, 6.45) is 3.56. The van der Waals surface area contributed by atoms with E-state index in [0.29, 0.717) is 5.95 Å². The molecule has 5 rings (SSSR count).